The number of pyridine rings is 1. The number of amides is 1. The Morgan fingerprint density at radius 2 is 2.15 bits per heavy atom. The van der Waals surface area contributed by atoms with Crippen LogP contribution in [0.4, 0.5) is 0 Å². The standard InChI is InChI=1S/C21H23N3O2/c1-26-11-8-16-13-23-10-3-5-19(23)15-24(14-16)21(25)18-6-7-20-17(12-18)4-2-9-22-20/h2-7,9-10,12,16H,8,11,13-15H2,1H3/t16-/m0/s1. The molecule has 1 atom stereocenters. The van der Waals surface area contributed by atoms with Gasteiger partial charge in [0.05, 0.1) is 12.1 Å². The first-order chi connectivity index (χ1) is 12.7. The van der Waals surface area contributed by atoms with E-state index in [9.17, 15) is 4.79 Å². The number of hydrogen-bond acceptors (Lipinski definition) is 3. The zero-order valence-electron chi connectivity index (χ0n) is 15.0. The molecule has 0 unspecified atom stereocenters. The molecule has 5 heteroatoms. The molecule has 1 amide bonds. The molecule has 3 aromatic rings. The number of methoxy groups -OCH3 is 1. The minimum Gasteiger partial charge on any atom is -0.385 e. The van der Waals surface area contributed by atoms with Crippen LogP contribution >= 0.6 is 0 Å². The van der Waals surface area contributed by atoms with E-state index in [2.05, 4.69) is 27.9 Å². The lowest BCUT2D eigenvalue weighted by Gasteiger charge is -2.24. The number of nitrogens with zero attached hydrogens (tertiary/aromatic N) is 3. The second kappa shape index (κ2) is 7.30. The van der Waals surface area contributed by atoms with Crippen LogP contribution in [0.15, 0.2) is 54.9 Å². The maximum atomic E-state index is 13.2. The third kappa shape index (κ3) is 3.35. The molecule has 1 aromatic carbocycles. The van der Waals surface area contributed by atoms with Crippen LogP contribution in [0.25, 0.3) is 10.9 Å². The summed E-state index contributed by atoms with van der Waals surface area (Å²) >= 11 is 0. The minimum absolute atomic E-state index is 0.0767. The van der Waals surface area contributed by atoms with Crippen molar-refractivity contribution in [2.45, 2.75) is 19.5 Å². The Morgan fingerprint density at radius 3 is 3.04 bits per heavy atom. The molecule has 134 valence electrons. The summed E-state index contributed by atoms with van der Waals surface area (Å²) in [4.78, 5) is 19.5. The quantitative estimate of drug-likeness (QED) is 0.726. The first-order valence-electron chi connectivity index (χ1n) is 9.01. The van der Waals surface area contributed by atoms with Crippen LogP contribution in [-0.4, -0.2) is 40.6 Å². The minimum atomic E-state index is 0.0767. The maximum Gasteiger partial charge on any atom is 0.254 e. The number of rotatable bonds is 4. The van der Waals surface area contributed by atoms with Gasteiger partial charge >= 0.3 is 0 Å². The molecule has 0 spiro atoms. The number of carbonyl (C=O) groups is 1. The molecule has 4 rings (SSSR count). The van der Waals surface area contributed by atoms with Gasteiger partial charge in [-0.05, 0) is 48.7 Å². The summed E-state index contributed by atoms with van der Waals surface area (Å²) in [7, 11) is 1.73. The molecule has 3 heterocycles. The lowest BCUT2D eigenvalue weighted by molar-refractivity contribution is 0.0705. The molecule has 1 aliphatic rings. The van der Waals surface area contributed by atoms with Crippen molar-refractivity contribution in [3.05, 3.63) is 66.1 Å². The Morgan fingerprint density at radius 1 is 1.23 bits per heavy atom. The third-order valence-electron chi connectivity index (χ3n) is 5.08. The summed E-state index contributed by atoms with van der Waals surface area (Å²) < 4.78 is 7.53. The average Bonchev–Trinajstić information content (AvgIpc) is 3.03. The Balaban J connectivity index is 1.62. The summed E-state index contributed by atoms with van der Waals surface area (Å²) in [6.07, 6.45) is 4.82. The van der Waals surface area contributed by atoms with Crippen molar-refractivity contribution in [3.63, 3.8) is 0 Å². The highest BCUT2D eigenvalue weighted by molar-refractivity contribution is 5.97. The van der Waals surface area contributed by atoms with Crippen LogP contribution in [0.3, 0.4) is 0 Å². The Labute approximate surface area is 153 Å². The Kier molecular flexibility index (Phi) is 4.71. The molecule has 1 aliphatic heterocycles. The zero-order valence-corrected chi connectivity index (χ0v) is 15.0. The van der Waals surface area contributed by atoms with Crippen molar-refractivity contribution in [1.29, 1.82) is 0 Å². The van der Waals surface area contributed by atoms with Gasteiger partial charge in [-0.2, -0.15) is 0 Å². The van der Waals surface area contributed by atoms with Crippen molar-refractivity contribution >= 4 is 16.8 Å². The first-order valence-corrected chi connectivity index (χ1v) is 9.01. The second-order valence-electron chi connectivity index (χ2n) is 6.90. The molecule has 0 saturated carbocycles. The lowest BCUT2D eigenvalue weighted by atomic mass is 10.0. The van der Waals surface area contributed by atoms with Crippen molar-refractivity contribution < 1.29 is 9.53 Å². The van der Waals surface area contributed by atoms with Gasteiger partial charge in [0.1, 0.15) is 0 Å². The van der Waals surface area contributed by atoms with Crippen LogP contribution in [0.5, 0.6) is 0 Å². The van der Waals surface area contributed by atoms with Crippen LogP contribution in [0.1, 0.15) is 22.5 Å². The Hall–Kier alpha value is -2.66. The summed E-state index contributed by atoms with van der Waals surface area (Å²) in [6, 6.07) is 13.8. The van der Waals surface area contributed by atoms with Gasteiger partial charge in [0.25, 0.3) is 5.91 Å². The van der Waals surface area contributed by atoms with Crippen molar-refractivity contribution in [1.82, 2.24) is 14.5 Å². The fourth-order valence-electron chi connectivity index (χ4n) is 3.69. The summed E-state index contributed by atoms with van der Waals surface area (Å²) in [5.74, 6) is 0.461. The van der Waals surface area contributed by atoms with Gasteiger partial charge in [0.2, 0.25) is 0 Å². The van der Waals surface area contributed by atoms with E-state index in [0.717, 1.165) is 36.0 Å². The number of fused-ring (bicyclic) bond motifs is 2. The highest BCUT2D eigenvalue weighted by atomic mass is 16.5. The highest BCUT2D eigenvalue weighted by Crippen LogP contribution is 2.22. The normalized spacial score (nSPS) is 17.1. The van der Waals surface area contributed by atoms with Gasteiger partial charge in [-0.3, -0.25) is 9.78 Å². The van der Waals surface area contributed by atoms with Crippen LogP contribution in [0, 0.1) is 5.92 Å². The smallest absolute Gasteiger partial charge is 0.254 e. The molecule has 2 aromatic heterocycles. The van der Waals surface area contributed by atoms with Crippen LogP contribution < -0.4 is 0 Å². The number of benzene rings is 1. The van der Waals surface area contributed by atoms with Gasteiger partial charge in [-0.25, -0.2) is 0 Å². The van der Waals surface area contributed by atoms with Gasteiger partial charge in [0.15, 0.2) is 0 Å². The monoisotopic (exact) mass is 349 g/mol. The van der Waals surface area contributed by atoms with Crippen molar-refractivity contribution in [2.75, 3.05) is 20.3 Å². The molecule has 0 N–H and O–H groups in total. The van der Waals surface area contributed by atoms with E-state index in [4.69, 9.17) is 4.74 Å². The van der Waals surface area contributed by atoms with E-state index < -0.39 is 0 Å². The van der Waals surface area contributed by atoms with E-state index in [1.165, 1.54) is 5.69 Å². The number of carbonyl (C=O) groups excluding carboxylic acids is 1. The van der Waals surface area contributed by atoms with Gasteiger partial charge in [-0.15, -0.1) is 0 Å². The fraction of sp³-hybridized carbons (Fsp3) is 0.333. The SMILES string of the molecule is COCC[C@@H]1CN(C(=O)c2ccc3ncccc3c2)Cc2cccn2C1. The van der Waals surface area contributed by atoms with Crippen LogP contribution in [-0.2, 0) is 17.8 Å². The van der Waals surface area contributed by atoms with Gasteiger partial charge in [-0.1, -0.05) is 6.07 Å². The second-order valence-corrected chi connectivity index (χ2v) is 6.90. The molecular weight excluding hydrogens is 326 g/mol. The highest BCUT2D eigenvalue weighted by Gasteiger charge is 2.25. The van der Waals surface area contributed by atoms with E-state index in [1.54, 1.807) is 13.3 Å². The number of ether oxygens (including phenoxy) is 1. The number of hydrogen-bond donors (Lipinski definition) is 0. The predicted octanol–water partition coefficient (Wildman–Crippen LogP) is 3.35. The summed E-state index contributed by atoms with van der Waals surface area (Å²) in [5.41, 5.74) is 2.81. The molecule has 0 fully saturated rings. The topological polar surface area (TPSA) is 47.4 Å². The molecule has 0 bridgehead atoms. The average molecular weight is 349 g/mol. The van der Waals surface area contributed by atoms with Crippen molar-refractivity contribution in [3.8, 4) is 0 Å². The number of aromatic nitrogens is 2. The summed E-state index contributed by atoms with van der Waals surface area (Å²) in [6.45, 7) is 3.03. The molecule has 0 radical (unpaired) electrons. The van der Waals surface area contributed by atoms with Crippen molar-refractivity contribution in [2.24, 2.45) is 5.92 Å². The van der Waals surface area contributed by atoms with Crippen LogP contribution in [0.2, 0.25) is 0 Å². The predicted molar refractivity (Wildman–Crippen MR) is 101 cm³/mol. The first kappa shape index (κ1) is 16.8. The molecule has 0 saturated heterocycles. The molecule has 26 heavy (non-hydrogen) atoms. The molecular formula is C21H23N3O2. The largest absolute Gasteiger partial charge is 0.385 e. The van der Waals surface area contributed by atoms with E-state index in [-0.39, 0.29) is 5.91 Å². The molecule has 5 nitrogen and oxygen atoms in total. The van der Waals surface area contributed by atoms with E-state index >= 15 is 0 Å². The molecule has 0 aliphatic carbocycles. The summed E-state index contributed by atoms with van der Waals surface area (Å²) in [5, 5.41) is 0.993. The zero-order chi connectivity index (χ0) is 17.9. The third-order valence-corrected chi connectivity index (χ3v) is 5.08. The van der Waals surface area contributed by atoms with Gasteiger partial charge in [0, 0.05) is 55.8 Å². The Bertz CT molecular complexity index is 918. The van der Waals surface area contributed by atoms with E-state index in [0.29, 0.717) is 19.1 Å². The maximum absolute atomic E-state index is 13.2. The fourth-order valence-corrected chi connectivity index (χ4v) is 3.69. The van der Waals surface area contributed by atoms with Gasteiger partial charge < -0.3 is 14.2 Å². The lowest BCUT2D eigenvalue weighted by Crippen LogP contribution is -2.34. The van der Waals surface area contributed by atoms with E-state index in [1.807, 2.05) is 35.2 Å².